The predicted molar refractivity (Wildman–Crippen MR) is 120 cm³/mol. The van der Waals surface area contributed by atoms with Crippen LogP contribution in [0.4, 0.5) is 29.2 Å². The van der Waals surface area contributed by atoms with E-state index in [1.807, 2.05) is 4.90 Å². The van der Waals surface area contributed by atoms with E-state index >= 15 is 0 Å². The van der Waals surface area contributed by atoms with Gasteiger partial charge < -0.3 is 15.1 Å². The zero-order valence-electron chi connectivity index (χ0n) is 18.9. The van der Waals surface area contributed by atoms with Gasteiger partial charge in [0.1, 0.15) is 23.3 Å². The summed E-state index contributed by atoms with van der Waals surface area (Å²) in [5.41, 5.74) is -0.870. The predicted octanol–water partition coefficient (Wildman–Crippen LogP) is 4.33. The van der Waals surface area contributed by atoms with Crippen LogP contribution in [0.1, 0.15) is 36.8 Å². The van der Waals surface area contributed by atoms with E-state index in [1.165, 1.54) is 19.1 Å². The molecule has 11 heteroatoms. The minimum absolute atomic E-state index is 0.0253. The van der Waals surface area contributed by atoms with Crippen LogP contribution in [0, 0.1) is 12.7 Å². The number of halogens is 4. The van der Waals surface area contributed by atoms with Crippen molar-refractivity contribution in [1.29, 1.82) is 0 Å². The number of carbonyl (C=O) groups is 1. The van der Waals surface area contributed by atoms with E-state index in [2.05, 4.69) is 20.3 Å². The quantitative estimate of drug-likeness (QED) is 0.565. The molecule has 1 fully saturated rings. The van der Waals surface area contributed by atoms with Gasteiger partial charge in [0.15, 0.2) is 0 Å². The number of rotatable bonds is 4. The number of fused-ring (bicyclic) bond motifs is 1. The van der Waals surface area contributed by atoms with Gasteiger partial charge in [-0.3, -0.25) is 4.79 Å². The maximum Gasteiger partial charge on any atom is 0.419 e. The first kappa shape index (κ1) is 23.7. The Morgan fingerprint density at radius 2 is 1.85 bits per heavy atom. The Hall–Kier alpha value is -3.50. The van der Waals surface area contributed by atoms with Crippen LogP contribution >= 0.6 is 0 Å². The first-order valence-corrected chi connectivity index (χ1v) is 10.8. The van der Waals surface area contributed by atoms with Crippen molar-refractivity contribution in [3.05, 3.63) is 53.2 Å². The summed E-state index contributed by atoms with van der Waals surface area (Å²) >= 11 is 0. The summed E-state index contributed by atoms with van der Waals surface area (Å²) in [5, 5.41) is 3.67. The Balaban J connectivity index is 1.65. The molecule has 1 aliphatic rings. The number of aryl methyl sites for hydroxylation is 1. The number of nitrogens with zero attached hydrogens (tertiary/aromatic N) is 5. The largest absolute Gasteiger partial charge is 0.419 e. The second kappa shape index (κ2) is 9.03. The molecule has 1 N–H and O–H groups in total. The highest BCUT2D eigenvalue weighted by Crippen LogP contribution is 2.35. The fourth-order valence-electron chi connectivity index (χ4n) is 4.06. The van der Waals surface area contributed by atoms with Crippen molar-refractivity contribution in [1.82, 2.24) is 19.9 Å². The van der Waals surface area contributed by atoms with Crippen LogP contribution in [0.2, 0.25) is 0 Å². The van der Waals surface area contributed by atoms with E-state index in [0.717, 1.165) is 6.07 Å². The van der Waals surface area contributed by atoms with Crippen molar-refractivity contribution in [2.24, 2.45) is 0 Å². The van der Waals surface area contributed by atoms with Crippen LogP contribution in [0.3, 0.4) is 0 Å². The van der Waals surface area contributed by atoms with Crippen LogP contribution in [0.5, 0.6) is 0 Å². The van der Waals surface area contributed by atoms with Crippen molar-refractivity contribution >= 4 is 28.4 Å². The SMILES string of the molecule is CC(=O)N1CCN(c2cc3c(N[C@H](C)c4cccc(C(F)(F)F)c4F)nc(C)nc3cn2)CC1. The molecule has 1 saturated heterocycles. The van der Waals surface area contributed by atoms with Crippen molar-refractivity contribution < 1.29 is 22.4 Å². The second-order valence-corrected chi connectivity index (χ2v) is 8.24. The monoisotopic (exact) mass is 476 g/mol. The third kappa shape index (κ3) is 4.73. The van der Waals surface area contributed by atoms with Gasteiger partial charge in [0.2, 0.25) is 5.91 Å². The number of alkyl halides is 3. The van der Waals surface area contributed by atoms with Gasteiger partial charge in [0.05, 0.1) is 23.3 Å². The molecule has 180 valence electrons. The third-order valence-electron chi connectivity index (χ3n) is 5.88. The molecule has 4 rings (SSSR count). The van der Waals surface area contributed by atoms with Crippen LogP contribution in [0.25, 0.3) is 10.9 Å². The van der Waals surface area contributed by atoms with Crippen LogP contribution < -0.4 is 10.2 Å². The smallest absolute Gasteiger partial charge is 0.363 e. The fourth-order valence-corrected chi connectivity index (χ4v) is 4.06. The van der Waals surface area contributed by atoms with Gasteiger partial charge in [-0.2, -0.15) is 13.2 Å². The first-order chi connectivity index (χ1) is 16.0. The number of nitrogens with one attached hydrogen (secondary N) is 1. The highest BCUT2D eigenvalue weighted by molar-refractivity contribution is 5.90. The Kier molecular flexibility index (Phi) is 6.28. The molecular formula is C23H24F4N6O. The number of hydrogen-bond donors (Lipinski definition) is 1. The topological polar surface area (TPSA) is 74.2 Å². The van der Waals surface area contributed by atoms with Crippen LogP contribution in [-0.2, 0) is 11.0 Å². The molecule has 1 aliphatic heterocycles. The van der Waals surface area contributed by atoms with Gasteiger partial charge in [0.25, 0.3) is 0 Å². The summed E-state index contributed by atoms with van der Waals surface area (Å²) in [6.07, 6.45) is -3.18. The van der Waals surface area contributed by atoms with E-state index in [4.69, 9.17) is 0 Å². The molecule has 0 unspecified atom stereocenters. The Morgan fingerprint density at radius 1 is 1.15 bits per heavy atom. The van der Waals surface area contributed by atoms with E-state index in [0.29, 0.717) is 54.5 Å². The molecule has 1 atom stereocenters. The molecule has 0 radical (unpaired) electrons. The zero-order chi connectivity index (χ0) is 24.6. The summed E-state index contributed by atoms with van der Waals surface area (Å²) in [6.45, 7) is 7.18. The minimum atomic E-state index is -4.79. The zero-order valence-corrected chi connectivity index (χ0v) is 18.9. The summed E-state index contributed by atoms with van der Waals surface area (Å²) in [4.78, 5) is 28.7. The maximum absolute atomic E-state index is 14.7. The molecule has 2 aromatic heterocycles. The summed E-state index contributed by atoms with van der Waals surface area (Å²) in [5.74, 6) is 0.200. The summed E-state index contributed by atoms with van der Waals surface area (Å²) in [7, 11) is 0. The molecule has 7 nitrogen and oxygen atoms in total. The lowest BCUT2D eigenvalue weighted by Gasteiger charge is -2.35. The highest BCUT2D eigenvalue weighted by atomic mass is 19.4. The van der Waals surface area contributed by atoms with E-state index in [9.17, 15) is 22.4 Å². The Morgan fingerprint density at radius 3 is 2.50 bits per heavy atom. The van der Waals surface area contributed by atoms with Crippen LogP contribution in [-0.4, -0.2) is 51.9 Å². The highest BCUT2D eigenvalue weighted by Gasteiger charge is 2.35. The normalized spacial score (nSPS) is 15.5. The summed E-state index contributed by atoms with van der Waals surface area (Å²) < 4.78 is 54.1. The number of anilines is 2. The van der Waals surface area contributed by atoms with Gasteiger partial charge in [-0.05, 0) is 26.0 Å². The van der Waals surface area contributed by atoms with Crippen molar-refractivity contribution in [2.75, 3.05) is 36.4 Å². The number of pyridine rings is 1. The molecule has 1 aromatic carbocycles. The van der Waals surface area contributed by atoms with Gasteiger partial charge >= 0.3 is 6.18 Å². The van der Waals surface area contributed by atoms with Gasteiger partial charge in [-0.1, -0.05) is 12.1 Å². The fraction of sp³-hybridized carbons (Fsp3) is 0.391. The summed E-state index contributed by atoms with van der Waals surface area (Å²) in [6, 6.07) is 4.23. The number of hydrogen-bond acceptors (Lipinski definition) is 6. The van der Waals surface area contributed by atoms with Crippen molar-refractivity contribution in [3.63, 3.8) is 0 Å². The van der Waals surface area contributed by atoms with Gasteiger partial charge in [-0.25, -0.2) is 19.3 Å². The molecule has 0 spiro atoms. The lowest BCUT2D eigenvalue weighted by molar-refractivity contribution is -0.140. The van der Waals surface area contributed by atoms with Gasteiger partial charge in [0, 0.05) is 44.1 Å². The lowest BCUT2D eigenvalue weighted by atomic mass is 10.0. The molecule has 0 aliphatic carbocycles. The first-order valence-electron chi connectivity index (χ1n) is 10.8. The average Bonchev–Trinajstić information content (AvgIpc) is 2.78. The minimum Gasteiger partial charge on any atom is -0.363 e. The Labute approximate surface area is 193 Å². The number of benzene rings is 1. The van der Waals surface area contributed by atoms with E-state index in [-0.39, 0.29) is 11.5 Å². The van der Waals surface area contributed by atoms with Gasteiger partial charge in [-0.15, -0.1) is 0 Å². The molecule has 1 amide bonds. The average molecular weight is 476 g/mol. The molecule has 0 bridgehead atoms. The molecule has 0 saturated carbocycles. The maximum atomic E-state index is 14.7. The molecule has 3 heterocycles. The molecular weight excluding hydrogens is 452 g/mol. The lowest BCUT2D eigenvalue weighted by Crippen LogP contribution is -2.48. The molecule has 34 heavy (non-hydrogen) atoms. The second-order valence-electron chi connectivity index (χ2n) is 8.24. The van der Waals surface area contributed by atoms with Crippen molar-refractivity contribution in [3.8, 4) is 0 Å². The number of piperazine rings is 1. The van der Waals surface area contributed by atoms with Crippen LogP contribution in [0.15, 0.2) is 30.5 Å². The number of aromatic nitrogens is 3. The standard InChI is InChI=1S/C23H24F4N6O/c1-13(16-5-4-6-18(21(16)24)23(25,26)27)29-22-17-11-20(28-12-19(17)30-14(2)31-22)33-9-7-32(8-10-33)15(3)34/h4-6,11-13H,7-10H2,1-3H3,(H,29,30,31)/t13-/m1/s1. The molecule has 3 aromatic rings. The Bertz CT molecular complexity index is 1220. The third-order valence-corrected chi connectivity index (χ3v) is 5.88. The van der Waals surface area contributed by atoms with E-state index < -0.39 is 23.6 Å². The number of carbonyl (C=O) groups excluding carboxylic acids is 1. The van der Waals surface area contributed by atoms with E-state index in [1.54, 1.807) is 31.0 Å². The van der Waals surface area contributed by atoms with Crippen molar-refractivity contribution in [2.45, 2.75) is 33.0 Å². The number of amides is 1.